The first-order valence-corrected chi connectivity index (χ1v) is 13.9. The van der Waals surface area contributed by atoms with E-state index in [2.05, 4.69) is 85.4 Å². The highest BCUT2D eigenvalue weighted by molar-refractivity contribution is 5.76. The molecule has 3 aliphatic heterocycles. The fourth-order valence-corrected chi connectivity index (χ4v) is 6.90. The fourth-order valence-electron chi connectivity index (χ4n) is 6.90. The van der Waals surface area contributed by atoms with Gasteiger partial charge in [0, 0.05) is 56.2 Å². The van der Waals surface area contributed by atoms with Gasteiger partial charge in [-0.25, -0.2) is 5.43 Å². The number of aromatic nitrogens is 3. The molecule has 36 heavy (non-hydrogen) atoms. The second kappa shape index (κ2) is 9.67. The molecule has 2 saturated heterocycles. The lowest BCUT2D eigenvalue weighted by atomic mass is 9.81. The SMILES string of the molecule is Cc1cccc(N2CCN(C(=O)CCCc3nnc4n3C3CCCCC3C3NC(C)NN43)C[C@@H]2C)c1. The van der Waals surface area contributed by atoms with E-state index in [9.17, 15) is 4.79 Å². The zero-order chi connectivity index (χ0) is 24.8. The Morgan fingerprint density at radius 3 is 2.83 bits per heavy atom. The number of aryl methyl sites for hydroxylation is 2. The van der Waals surface area contributed by atoms with Crippen molar-refractivity contribution in [2.45, 2.75) is 90.1 Å². The zero-order valence-electron chi connectivity index (χ0n) is 21.9. The normalized spacial score (nSPS) is 29.6. The van der Waals surface area contributed by atoms with Crippen LogP contribution in [-0.2, 0) is 11.2 Å². The predicted molar refractivity (Wildman–Crippen MR) is 141 cm³/mol. The highest BCUT2D eigenvalue weighted by Gasteiger charge is 2.47. The van der Waals surface area contributed by atoms with Gasteiger partial charge in [0.05, 0.1) is 6.17 Å². The minimum Gasteiger partial charge on any atom is -0.365 e. The second-order valence-corrected chi connectivity index (χ2v) is 11.2. The first kappa shape index (κ1) is 23.7. The Labute approximate surface area is 214 Å². The molecule has 4 heterocycles. The number of amides is 1. The van der Waals surface area contributed by atoms with Crippen molar-refractivity contribution in [3.8, 4) is 0 Å². The van der Waals surface area contributed by atoms with Gasteiger partial charge in [-0.3, -0.25) is 19.7 Å². The minimum absolute atomic E-state index is 0.232. The van der Waals surface area contributed by atoms with Crippen LogP contribution in [0.3, 0.4) is 0 Å². The molecule has 0 radical (unpaired) electrons. The van der Waals surface area contributed by atoms with Crippen LogP contribution in [0.15, 0.2) is 24.3 Å². The van der Waals surface area contributed by atoms with E-state index >= 15 is 0 Å². The lowest BCUT2D eigenvalue weighted by Gasteiger charge is -2.44. The first-order chi connectivity index (χ1) is 17.5. The molecule has 1 aliphatic carbocycles. The van der Waals surface area contributed by atoms with Crippen molar-refractivity contribution in [1.82, 2.24) is 30.4 Å². The van der Waals surface area contributed by atoms with E-state index in [0.29, 0.717) is 24.4 Å². The van der Waals surface area contributed by atoms with Crippen molar-refractivity contribution < 1.29 is 4.79 Å². The molecule has 5 atom stereocenters. The third-order valence-corrected chi connectivity index (χ3v) is 8.62. The van der Waals surface area contributed by atoms with E-state index in [1.165, 1.54) is 36.9 Å². The number of fused-ring (bicyclic) bond motifs is 6. The number of hydrogen-bond acceptors (Lipinski definition) is 7. The Bertz CT molecular complexity index is 1100. The number of carbonyl (C=O) groups is 1. The number of hydrogen-bond donors (Lipinski definition) is 2. The molecule has 1 amide bonds. The van der Waals surface area contributed by atoms with E-state index in [4.69, 9.17) is 0 Å². The van der Waals surface area contributed by atoms with E-state index in [1.807, 2.05) is 0 Å². The maximum absolute atomic E-state index is 13.1. The number of nitrogens with one attached hydrogen (secondary N) is 2. The molecular formula is C27H40N8O. The van der Waals surface area contributed by atoms with Crippen molar-refractivity contribution >= 4 is 17.5 Å². The maximum Gasteiger partial charge on any atom is 0.243 e. The molecule has 2 aromatic rings. The van der Waals surface area contributed by atoms with Crippen molar-refractivity contribution in [1.29, 1.82) is 0 Å². The Balaban J connectivity index is 1.08. The Hall–Kier alpha value is -2.65. The number of rotatable bonds is 5. The Morgan fingerprint density at radius 1 is 1.14 bits per heavy atom. The molecule has 1 saturated carbocycles. The summed E-state index contributed by atoms with van der Waals surface area (Å²) in [6, 6.07) is 9.42. The second-order valence-electron chi connectivity index (χ2n) is 11.2. The van der Waals surface area contributed by atoms with E-state index in [1.54, 1.807) is 0 Å². The van der Waals surface area contributed by atoms with Gasteiger partial charge in [-0.1, -0.05) is 25.0 Å². The van der Waals surface area contributed by atoms with Crippen LogP contribution in [0.2, 0.25) is 0 Å². The summed E-state index contributed by atoms with van der Waals surface area (Å²) in [5.74, 6) is 2.79. The number of nitrogens with zero attached hydrogens (tertiary/aromatic N) is 6. The average molecular weight is 493 g/mol. The molecule has 194 valence electrons. The summed E-state index contributed by atoms with van der Waals surface area (Å²) < 4.78 is 2.39. The third kappa shape index (κ3) is 4.26. The maximum atomic E-state index is 13.1. The highest BCUT2D eigenvalue weighted by atomic mass is 16.2. The van der Waals surface area contributed by atoms with Crippen LogP contribution in [0.5, 0.6) is 0 Å². The predicted octanol–water partition coefficient (Wildman–Crippen LogP) is 2.98. The van der Waals surface area contributed by atoms with Crippen LogP contribution in [-0.4, -0.2) is 63.6 Å². The minimum atomic E-state index is 0.232. The molecular weight excluding hydrogens is 452 g/mol. The van der Waals surface area contributed by atoms with Crippen molar-refractivity contribution in [2.75, 3.05) is 29.5 Å². The van der Waals surface area contributed by atoms with Crippen LogP contribution in [0.1, 0.15) is 69.8 Å². The zero-order valence-corrected chi connectivity index (χ0v) is 21.9. The lowest BCUT2D eigenvalue weighted by Crippen LogP contribution is -2.54. The standard InChI is InChI=1S/C27H40N8O/c1-18-8-6-9-21(16-18)33-15-14-32(17-19(33)2)25(36)13-7-12-24-29-30-27-34(24)23-11-5-4-10-22(23)26-28-20(3)31-35(26)27/h6,8-9,16,19-20,22-23,26,28,31H,4-5,7,10-15,17H2,1-3H3/t19-,20?,22?,23?,26?/m0/s1. The highest BCUT2D eigenvalue weighted by Crippen LogP contribution is 2.44. The number of piperazine rings is 1. The smallest absolute Gasteiger partial charge is 0.243 e. The van der Waals surface area contributed by atoms with Crippen LogP contribution >= 0.6 is 0 Å². The molecule has 1 aromatic carbocycles. The van der Waals surface area contributed by atoms with Gasteiger partial charge in [-0.15, -0.1) is 10.2 Å². The number of benzene rings is 1. The molecule has 6 rings (SSSR count). The molecule has 0 spiro atoms. The van der Waals surface area contributed by atoms with E-state index in [-0.39, 0.29) is 18.2 Å². The van der Waals surface area contributed by atoms with Gasteiger partial charge >= 0.3 is 0 Å². The molecule has 9 nitrogen and oxygen atoms in total. The van der Waals surface area contributed by atoms with Gasteiger partial charge in [0.25, 0.3) is 0 Å². The molecule has 3 fully saturated rings. The third-order valence-electron chi connectivity index (χ3n) is 8.62. The summed E-state index contributed by atoms with van der Waals surface area (Å²) in [5, 5.41) is 15.1. The number of anilines is 2. The van der Waals surface area contributed by atoms with Gasteiger partial charge in [0.1, 0.15) is 12.0 Å². The summed E-state index contributed by atoms with van der Waals surface area (Å²) in [4.78, 5) is 17.6. The quantitative estimate of drug-likeness (QED) is 0.664. The van der Waals surface area contributed by atoms with Crippen LogP contribution in [0.4, 0.5) is 11.6 Å². The van der Waals surface area contributed by atoms with Gasteiger partial charge in [0.2, 0.25) is 11.9 Å². The average Bonchev–Trinajstić information content (AvgIpc) is 3.47. The summed E-state index contributed by atoms with van der Waals surface area (Å²) >= 11 is 0. The van der Waals surface area contributed by atoms with E-state index < -0.39 is 0 Å². The number of hydrazine groups is 1. The van der Waals surface area contributed by atoms with Gasteiger partial charge in [-0.05, 0) is 57.7 Å². The molecule has 4 aliphatic rings. The molecule has 2 N–H and O–H groups in total. The topological polar surface area (TPSA) is 81.6 Å². The molecule has 0 bridgehead atoms. The van der Waals surface area contributed by atoms with Gasteiger partial charge < -0.3 is 9.80 Å². The van der Waals surface area contributed by atoms with E-state index in [0.717, 1.165) is 44.2 Å². The van der Waals surface area contributed by atoms with Crippen molar-refractivity contribution in [2.24, 2.45) is 5.92 Å². The molecule has 1 aromatic heterocycles. The van der Waals surface area contributed by atoms with Crippen LogP contribution in [0, 0.1) is 12.8 Å². The largest absolute Gasteiger partial charge is 0.365 e. The van der Waals surface area contributed by atoms with Crippen molar-refractivity contribution in [3.63, 3.8) is 0 Å². The van der Waals surface area contributed by atoms with Crippen LogP contribution in [0.25, 0.3) is 0 Å². The monoisotopic (exact) mass is 492 g/mol. The molecule has 9 heteroatoms. The summed E-state index contributed by atoms with van der Waals surface area (Å²) in [6.45, 7) is 8.96. The summed E-state index contributed by atoms with van der Waals surface area (Å²) in [7, 11) is 0. The Kier molecular flexibility index (Phi) is 6.37. The molecule has 4 unspecified atom stereocenters. The summed E-state index contributed by atoms with van der Waals surface area (Å²) in [6.07, 6.45) is 7.66. The Morgan fingerprint density at radius 2 is 2.00 bits per heavy atom. The van der Waals surface area contributed by atoms with Gasteiger partial charge in [0.15, 0.2) is 0 Å². The van der Waals surface area contributed by atoms with Crippen molar-refractivity contribution in [3.05, 3.63) is 35.7 Å². The van der Waals surface area contributed by atoms with Crippen LogP contribution < -0.4 is 20.7 Å². The fraction of sp³-hybridized carbons (Fsp3) is 0.667. The first-order valence-electron chi connectivity index (χ1n) is 13.9. The van der Waals surface area contributed by atoms with Gasteiger partial charge in [-0.2, -0.15) is 0 Å². The lowest BCUT2D eigenvalue weighted by molar-refractivity contribution is -0.132. The summed E-state index contributed by atoms with van der Waals surface area (Å²) in [5.41, 5.74) is 6.06. The number of carbonyl (C=O) groups excluding carboxylic acids is 1.